The van der Waals surface area contributed by atoms with Gasteiger partial charge in [-0.1, -0.05) is 37.6 Å². The average Bonchev–Trinajstić information content (AvgIpc) is 3.34. The van der Waals surface area contributed by atoms with Gasteiger partial charge in [0.25, 0.3) is 11.8 Å². The Morgan fingerprint density at radius 2 is 1.79 bits per heavy atom. The molecule has 0 bridgehead atoms. The highest BCUT2D eigenvalue weighted by Crippen LogP contribution is 2.14. The van der Waals surface area contributed by atoms with E-state index in [-0.39, 0.29) is 30.7 Å². The molecule has 0 fully saturated rings. The molecule has 214 valence electrons. The molecule has 14 nitrogen and oxygen atoms in total. The maximum atomic E-state index is 12.2. The monoisotopic (exact) mass is 561 g/mol. The van der Waals surface area contributed by atoms with Gasteiger partial charge in [-0.05, 0) is 17.1 Å². The third-order valence-corrected chi connectivity index (χ3v) is 4.39. The van der Waals surface area contributed by atoms with Gasteiger partial charge >= 0.3 is 24.2 Å². The first-order chi connectivity index (χ1) is 18.2. The number of benzene rings is 1. The lowest BCUT2D eigenvalue weighted by molar-refractivity contribution is -0.192. The number of aromatic nitrogens is 1. The topological polar surface area (TPSA) is 227 Å². The number of halogens is 3. The number of hydrogen-bond donors (Lipinski definition) is 6. The molecule has 1 heterocycles. The molecule has 0 aliphatic rings. The van der Waals surface area contributed by atoms with Gasteiger partial charge in [-0.25, -0.2) is 14.4 Å². The molecule has 7 N–H and O–H groups in total. The van der Waals surface area contributed by atoms with E-state index in [4.69, 9.17) is 35.0 Å². The third-order valence-electron chi connectivity index (χ3n) is 4.39. The lowest BCUT2D eigenvalue weighted by Crippen LogP contribution is -2.48. The Morgan fingerprint density at radius 1 is 1.18 bits per heavy atom. The van der Waals surface area contributed by atoms with Crippen LogP contribution in [-0.4, -0.2) is 70.5 Å². The number of nitrogen functional groups attached to an aromatic ring is 1. The zero-order valence-electron chi connectivity index (χ0n) is 20.4. The number of alkyl carbamates (subject to hydrolysis) is 1. The number of carboxylic acids is 2. The van der Waals surface area contributed by atoms with E-state index >= 15 is 0 Å². The van der Waals surface area contributed by atoms with Gasteiger partial charge in [0, 0.05) is 12.1 Å². The number of carbonyl (C=O) groups excluding carboxylic acids is 2. The van der Waals surface area contributed by atoms with Crippen LogP contribution in [0.25, 0.3) is 0 Å². The summed E-state index contributed by atoms with van der Waals surface area (Å²) in [6.45, 7) is 1.83. The summed E-state index contributed by atoms with van der Waals surface area (Å²) < 4.78 is 47.0. The van der Waals surface area contributed by atoms with E-state index in [1.54, 1.807) is 24.3 Å². The van der Waals surface area contributed by atoms with E-state index in [1.807, 2.05) is 6.92 Å². The van der Waals surface area contributed by atoms with Gasteiger partial charge in [-0.3, -0.25) is 10.2 Å². The second kappa shape index (κ2) is 15.4. The molecule has 39 heavy (non-hydrogen) atoms. The number of alkyl halides is 3. The van der Waals surface area contributed by atoms with E-state index in [9.17, 15) is 32.7 Å². The van der Waals surface area contributed by atoms with Crippen LogP contribution < -0.4 is 21.1 Å². The molecule has 1 atom stereocenters. The van der Waals surface area contributed by atoms with Crippen LogP contribution in [0.5, 0.6) is 5.88 Å². The molecule has 0 saturated carbocycles. The first-order valence-corrected chi connectivity index (χ1v) is 11.0. The summed E-state index contributed by atoms with van der Waals surface area (Å²) in [5.74, 6) is -5.01. The van der Waals surface area contributed by atoms with Gasteiger partial charge in [0.15, 0.2) is 0 Å². The zero-order chi connectivity index (χ0) is 29.6. The number of amides is 2. The van der Waals surface area contributed by atoms with Crippen molar-refractivity contribution in [2.45, 2.75) is 38.6 Å². The van der Waals surface area contributed by atoms with E-state index in [1.165, 1.54) is 6.07 Å². The molecule has 0 aliphatic carbocycles. The van der Waals surface area contributed by atoms with Crippen LogP contribution in [-0.2, 0) is 20.9 Å². The molecule has 1 aromatic carbocycles. The maximum absolute atomic E-state index is 12.2. The highest BCUT2D eigenvalue weighted by Gasteiger charge is 2.38. The maximum Gasteiger partial charge on any atom is 0.490 e. The average molecular weight is 561 g/mol. The summed E-state index contributed by atoms with van der Waals surface area (Å²) in [4.78, 5) is 44.0. The van der Waals surface area contributed by atoms with Crippen LogP contribution in [0, 0.1) is 5.41 Å². The van der Waals surface area contributed by atoms with Crippen molar-refractivity contribution in [2.75, 3.05) is 13.2 Å². The minimum Gasteiger partial charge on any atom is -0.480 e. The minimum atomic E-state index is -5.08. The molecule has 0 unspecified atom stereocenters. The number of nitrogens with zero attached hydrogens (tertiary/aromatic N) is 1. The Kier molecular flexibility index (Phi) is 12.7. The molecule has 2 rings (SSSR count). The second-order valence-electron chi connectivity index (χ2n) is 7.47. The van der Waals surface area contributed by atoms with Crippen LogP contribution in [0.15, 0.2) is 34.9 Å². The van der Waals surface area contributed by atoms with Crippen LogP contribution in [0.3, 0.4) is 0 Å². The van der Waals surface area contributed by atoms with Crippen molar-refractivity contribution in [1.29, 1.82) is 5.41 Å². The quantitative estimate of drug-likeness (QED) is 0.124. The smallest absolute Gasteiger partial charge is 0.480 e. The van der Waals surface area contributed by atoms with E-state index in [0.717, 1.165) is 12.0 Å². The van der Waals surface area contributed by atoms with Gasteiger partial charge in [0.1, 0.15) is 18.5 Å². The van der Waals surface area contributed by atoms with E-state index in [2.05, 4.69) is 15.8 Å². The van der Waals surface area contributed by atoms with Crippen LogP contribution in [0.4, 0.5) is 18.0 Å². The molecule has 17 heteroatoms. The zero-order valence-corrected chi connectivity index (χ0v) is 20.4. The summed E-state index contributed by atoms with van der Waals surface area (Å²) in [5, 5.41) is 31.8. The SMILES string of the molecule is CCCCOC(=O)N[C@@H](CNC(=O)c1cc(OCc2ccc(C(=N)N)cc2)no1)C(=O)O.O=C(O)C(F)(F)F. The van der Waals surface area contributed by atoms with Gasteiger partial charge < -0.3 is 40.6 Å². The van der Waals surface area contributed by atoms with Gasteiger partial charge in [0.05, 0.1) is 12.7 Å². The number of carbonyl (C=O) groups is 4. The summed E-state index contributed by atoms with van der Waals surface area (Å²) in [6.07, 6.45) is -4.49. The number of unbranched alkanes of at least 4 members (excludes halogenated alkanes) is 1. The highest BCUT2D eigenvalue weighted by atomic mass is 19.4. The van der Waals surface area contributed by atoms with Gasteiger partial charge in [-0.15, -0.1) is 0 Å². The number of amidine groups is 1. The fourth-order valence-electron chi connectivity index (χ4n) is 2.35. The standard InChI is InChI=1S/C20H25N5O7.C2HF3O2/c1-2-3-8-30-20(29)24-14(19(27)28)10-23-18(26)15-9-16(25-32-15)31-11-12-4-6-13(7-5-12)17(21)22;3-2(4,5)1(6)7/h4-7,9,14H,2-3,8,10-11H2,1H3,(H3,21,22)(H,23,26)(H,24,29)(H,27,28);(H,6,7)/t14-;/m0./s1. The van der Waals surface area contributed by atoms with Gasteiger partial charge in [-0.2, -0.15) is 13.2 Å². The summed E-state index contributed by atoms with van der Waals surface area (Å²) in [5.41, 5.74) is 6.76. The number of hydrogen-bond acceptors (Lipinski definition) is 9. The normalized spacial score (nSPS) is 11.3. The van der Waals surface area contributed by atoms with Crippen molar-refractivity contribution < 1.29 is 56.6 Å². The Labute approximate surface area is 218 Å². The largest absolute Gasteiger partial charge is 0.490 e. The fraction of sp³-hybridized carbons (Fsp3) is 0.364. The number of rotatable bonds is 12. The first-order valence-electron chi connectivity index (χ1n) is 11.0. The van der Waals surface area contributed by atoms with Crippen molar-refractivity contribution in [1.82, 2.24) is 15.8 Å². The van der Waals surface area contributed by atoms with Crippen LogP contribution in [0.2, 0.25) is 0 Å². The molecule has 0 aliphatic heterocycles. The first kappa shape index (κ1) is 32.2. The molecule has 2 amide bonds. The molecular weight excluding hydrogens is 535 g/mol. The van der Waals surface area contributed by atoms with Crippen molar-refractivity contribution in [3.05, 3.63) is 47.2 Å². The Hall–Kier alpha value is -4.83. The van der Waals surface area contributed by atoms with Crippen molar-refractivity contribution in [3.63, 3.8) is 0 Å². The van der Waals surface area contributed by atoms with E-state index < -0.39 is 42.7 Å². The number of nitrogens with one attached hydrogen (secondary N) is 3. The number of carboxylic acid groups (broad SMARTS) is 2. The van der Waals surface area contributed by atoms with Crippen molar-refractivity contribution in [2.24, 2.45) is 5.73 Å². The second-order valence-corrected chi connectivity index (χ2v) is 7.47. The van der Waals surface area contributed by atoms with E-state index in [0.29, 0.717) is 12.0 Å². The lowest BCUT2D eigenvalue weighted by Gasteiger charge is -2.14. The summed E-state index contributed by atoms with van der Waals surface area (Å²) >= 11 is 0. The fourth-order valence-corrected chi connectivity index (χ4v) is 2.35. The molecular formula is C22H26F3N5O9. The summed E-state index contributed by atoms with van der Waals surface area (Å²) in [6, 6.07) is 6.68. The Balaban J connectivity index is 0.000000956. The minimum absolute atomic E-state index is 0.0432. The third kappa shape index (κ3) is 12.3. The molecule has 2 aromatic rings. The van der Waals surface area contributed by atoms with Gasteiger partial charge in [0.2, 0.25) is 5.76 Å². The van der Waals surface area contributed by atoms with Crippen LogP contribution >= 0.6 is 0 Å². The van der Waals surface area contributed by atoms with Crippen molar-refractivity contribution in [3.8, 4) is 5.88 Å². The Morgan fingerprint density at radius 3 is 2.31 bits per heavy atom. The Bertz CT molecular complexity index is 1140. The number of aliphatic carboxylic acids is 2. The number of nitrogens with two attached hydrogens (primary N) is 1. The molecule has 0 radical (unpaired) electrons. The molecule has 1 aromatic heterocycles. The predicted molar refractivity (Wildman–Crippen MR) is 125 cm³/mol. The van der Waals surface area contributed by atoms with Crippen LogP contribution in [0.1, 0.15) is 41.4 Å². The van der Waals surface area contributed by atoms with Crippen molar-refractivity contribution >= 4 is 29.8 Å². The highest BCUT2D eigenvalue weighted by molar-refractivity contribution is 5.95. The molecule has 0 spiro atoms. The number of ether oxygens (including phenoxy) is 2. The molecule has 0 saturated heterocycles. The predicted octanol–water partition coefficient (Wildman–Crippen LogP) is 1.88. The summed E-state index contributed by atoms with van der Waals surface area (Å²) in [7, 11) is 0. The lowest BCUT2D eigenvalue weighted by atomic mass is 10.1.